The molecule has 0 aliphatic carbocycles. The molecule has 2 nitrogen and oxygen atoms in total. The molecule has 0 amide bonds. The number of ether oxygens (including phenoxy) is 1. The van der Waals surface area contributed by atoms with Crippen molar-refractivity contribution in [2.75, 3.05) is 0 Å². The molecule has 0 atom stereocenters. The molecule has 1 aromatic heterocycles. The molecule has 0 aliphatic rings. The molecule has 0 unspecified atom stereocenters. The number of thiophene rings is 1. The first kappa shape index (κ1) is 15.4. The first-order valence-electron chi connectivity index (χ1n) is 7.20. The zero-order chi connectivity index (χ0) is 16.2. The zero-order valence-corrected chi connectivity index (χ0v) is 13.4. The Morgan fingerprint density at radius 2 is 1.91 bits per heavy atom. The topological polar surface area (TPSA) is 26.3 Å². The van der Waals surface area contributed by atoms with Gasteiger partial charge in [-0.1, -0.05) is 18.2 Å². The Labute approximate surface area is 138 Å². The summed E-state index contributed by atoms with van der Waals surface area (Å²) >= 11 is 1.62. The van der Waals surface area contributed by atoms with Crippen LogP contribution in [0.5, 0.6) is 5.75 Å². The molecule has 3 rings (SSSR count). The van der Waals surface area contributed by atoms with Gasteiger partial charge >= 0.3 is 5.97 Å². The van der Waals surface area contributed by atoms with Crippen molar-refractivity contribution in [3.63, 3.8) is 0 Å². The van der Waals surface area contributed by atoms with Gasteiger partial charge in [-0.2, -0.15) is 11.3 Å². The maximum Gasteiger partial charge on any atom is 0.308 e. The Morgan fingerprint density at radius 3 is 2.57 bits per heavy atom. The van der Waals surface area contributed by atoms with Crippen molar-refractivity contribution in [1.29, 1.82) is 0 Å². The summed E-state index contributed by atoms with van der Waals surface area (Å²) in [5.41, 5.74) is 4.10. The summed E-state index contributed by atoms with van der Waals surface area (Å²) in [4.78, 5) is 10.9. The average Bonchev–Trinajstić information content (AvgIpc) is 3.03. The van der Waals surface area contributed by atoms with E-state index in [0.29, 0.717) is 12.2 Å². The van der Waals surface area contributed by atoms with Gasteiger partial charge in [0.2, 0.25) is 0 Å². The second kappa shape index (κ2) is 6.75. The number of esters is 1. The fourth-order valence-corrected chi connectivity index (χ4v) is 3.12. The van der Waals surface area contributed by atoms with E-state index in [4.69, 9.17) is 4.74 Å². The monoisotopic (exact) mass is 326 g/mol. The minimum Gasteiger partial charge on any atom is -0.427 e. The highest BCUT2D eigenvalue weighted by Gasteiger charge is 2.08. The lowest BCUT2D eigenvalue weighted by Gasteiger charge is -2.10. The minimum atomic E-state index is -0.345. The molecule has 2 aromatic carbocycles. The van der Waals surface area contributed by atoms with Gasteiger partial charge < -0.3 is 4.74 Å². The molecule has 23 heavy (non-hydrogen) atoms. The van der Waals surface area contributed by atoms with E-state index in [1.54, 1.807) is 29.5 Å². The first-order chi connectivity index (χ1) is 11.1. The Balaban J connectivity index is 1.87. The number of carbonyl (C=O) groups excluding carboxylic acids is 1. The molecule has 0 spiro atoms. The number of halogens is 1. The van der Waals surface area contributed by atoms with Crippen LogP contribution in [-0.2, 0) is 11.2 Å². The van der Waals surface area contributed by atoms with E-state index in [1.165, 1.54) is 13.0 Å². The quantitative estimate of drug-likeness (QED) is 0.494. The molecule has 0 bridgehead atoms. The predicted octanol–water partition coefficient (Wildman–Crippen LogP) is 5.07. The second-order valence-electron chi connectivity index (χ2n) is 5.23. The molecular weight excluding hydrogens is 311 g/mol. The zero-order valence-electron chi connectivity index (χ0n) is 12.6. The highest BCUT2D eigenvalue weighted by atomic mass is 32.1. The van der Waals surface area contributed by atoms with Crippen molar-refractivity contribution in [3.05, 3.63) is 76.2 Å². The van der Waals surface area contributed by atoms with Crippen molar-refractivity contribution < 1.29 is 13.9 Å². The summed E-state index contributed by atoms with van der Waals surface area (Å²) in [6, 6.07) is 14.2. The largest absolute Gasteiger partial charge is 0.427 e. The Kier molecular flexibility index (Phi) is 4.53. The van der Waals surface area contributed by atoms with Gasteiger partial charge in [-0.05, 0) is 69.8 Å². The van der Waals surface area contributed by atoms with Crippen LogP contribution in [0.4, 0.5) is 4.39 Å². The maximum atomic E-state index is 13.6. The smallest absolute Gasteiger partial charge is 0.308 e. The summed E-state index contributed by atoms with van der Waals surface area (Å²) < 4.78 is 18.7. The van der Waals surface area contributed by atoms with Gasteiger partial charge in [0.15, 0.2) is 0 Å². The van der Waals surface area contributed by atoms with Gasteiger partial charge in [0.25, 0.3) is 0 Å². The molecule has 0 saturated heterocycles. The Morgan fingerprint density at radius 1 is 1.13 bits per heavy atom. The van der Waals surface area contributed by atoms with Gasteiger partial charge in [-0.15, -0.1) is 0 Å². The molecule has 0 N–H and O–H groups in total. The standard InChI is InChI=1S/C19H15FO2S/c1-13(21)22-18-5-2-14(3-6-18)10-16-11-17(20)4-7-19(16)15-8-9-23-12-15/h2-9,11-12H,10H2,1H3. The van der Waals surface area contributed by atoms with Crippen molar-refractivity contribution in [2.45, 2.75) is 13.3 Å². The molecule has 0 fully saturated rings. The van der Waals surface area contributed by atoms with Crippen LogP contribution in [0.1, 0.15) is 18.1 Å². The number of hydrogen-bond donors (Lipinski definition) is 0. The van der Waals surface area contributed by atoms with Gasteiger partial charge in [-0.3, -0.25) is 4.79 Å². The van der Waals surface area contributed by atoms with Crippen molar-refractivity contribution in [1.82, 2.24) is 0 Å². The highest BCUT2D eigenvalue weighted by molar-refractivity contribution is 7.08. The molecule has 1 heterocycles. The number of rotatable bonds is 4. The summed E-state index contributed by atoms with van der Waals surface area (Å²) in [6.45, 7) is 1.37. The molecule has 0 radical (unpaired) electrons. The molecule has 0 aliphatic heterocycles. The van der Waals surface area contributed by atoms with Crippen molar-refractivity contribution in [3.8, 4) is 16.9 Å². The minimum absolute atomic E-state index is 0.240. The lowest BCUT2D eigenvalue weighted by Crippen LogP contribution is -2.01. The van der Waals surface area contributed by atoms with E-state index >= 15 is 0 Å². The van der Waals surface area contributed by atoms with E-state index in [2.05, 4.69) is 5.38 Å². The molecule has 4 heteroatoms. The molecule has 3 aromatic rings. The highest BCUT2D eigenvalue weighted by Crippen LogP contribution is 2.28. The van der Waals surface area contributed by atoms with Crippen LogP contribution in [0.3, 0.4) is 0 Å². The average molecular weight is 326 g/mol. The third-order valence-corrected chi connectivity index (χ3v) is 4.16. The van der Waals surface area contributed by atoms with Crippen LogP contribution in [0.25, 0.3) is 11.1 Å². The van der Waals surface area contributed by atoms with Crippen LogP contribution in [0.15, 0.2) is 59.3 Å². The molecule has 0 saturated carbocycles. The van der Waals surface area contributed by atoms with Crippen LogP contribution < -0.4 is 4.74 Å². The summed E-state index contributed by atoms with van der Waals surface area (Å²) in [7, 11) is 0. The van der Waals surface area contributed by atoms with Gasteiger partial charge in [-0.25, -0.2) is 4.39 Å². The van der Waals surface area contributed by atoms with Crippen molar-refractivity contribution >= 4 is 17.3 Å². The fraction of sp³-hybridized carbons (Fsp3) is 0.105. The van der Waals surface area contributed by atoms with E-state index in [1.807, 2.05) is 29.6 Å². The number of hydrogen-bond acceptors (Lipinski definition) is 3. The summed E-state index contributed by atoms with van der Waals surface area (Å²) in [6.07, 6.45) is 0.614. The van der Waals surface area contributed by atoms with Crippen LogP contribution in [0, 0.1) is 5.82 Å². The SMILES string of the molecule is CC(=O)Oc1ccc(Cc2cc(F)ccc2-c2ccsc2)cc1. The van der Waals surface area contributed by atoms with Crippen LogP contribution in [0.2, 0.25) is 0 Å². The number of carbonyl (C=O) groups is 1. The van der Waals surface area contributed by atoms with E-state index < -0.39 is 0 Å². The lowest BCUT2D eigenvalue weighted by molar-refractivity contribution is -0.131. The van der Waals surface area contributed by atoms with Gasteiger partial charge in [0.05, 0.1) is 0 Å². The van der Waals surface area contributed by atoms with E-state index in [0.717, 1.165) is 22.3 Å². The number of benzene rings is 2. The molecule has 116 valence electrons. The third kappa shape index (κ3) is 3.85. The maximum absolute atomic E-state index is 13.6. The summed E-state index contributed by atoms with van der Waals surface area (Å²) in [5.74, 6) is -0.0725. The third-order valence-electron chi connectivity index (χ3n) is 3.48. The Bertz CT molecular complexity index is 808. The van der Waals surface area contributed by atoms with Crippen molar-refractivity contribution in [2.24, 2.45) is 0 Å². The Hall–Kier alpha value is -2.46. The van der Waals surface area contributed by atoms with E-state index in [9.17, 15) is 9.18 Å². The van der Waals surface area contributed by atoms with Crippen LogP contribution >= 0.6 is 11.3 Å². The van der Waals surface area contributed by atoms with Gasteiger partial charge in [0, 0.05) is 6.92 Å². The second-order valence-corrected chi connectivity index (χ2v) is 6.01. The van der Waals surface area contributed by atoms with E-state index in [-0.39, 0.29) is 11.8 Å². The fourth-order valence-electron chi connectivity index (χ4n) is 2.47. The normalized spacial score (nSPS) is 10.5. The lowest BCUT2D eigenvalue weighted by atomic mass is 9.96. The van der Waals surface area contributed by atoms with Crippen LogP contribution in [-0.4, -0.2) is 5.97 Å². The predicted molar refractivity (Wildman–Crippen MR) is 90.3 cm³/mol. The molecular formula is C19H15FO2S. The summed E-state index contributed by atoms with van der Waals surface area (Å²) in [5, 5.41) is 4.07. The van der Waals surface area contributed by atoms with Gasteiger partial charge in [0.1, 0.15) is 11.6 Å². The first-order valence-corrected chi connectivity index (χ1v) is 8.14.